The Hall–Kier alpha value is -2.01. The summed E-state index contributed by atoms with van der Waals surface area (Å²) in [6.45, 7) is 8.76. The summed E-state index contributed by atoms with van der Waals surface area (Å²) in [6, 6.07) is 14.7. The maximum Gasteiger partial charge on any atom is 0.251 e. The number of benzene rings is 2. The molecule has 1 aliphatic heterocycles. The van der Waals surface area contributed by atoms with Gasteiger partial charge in [0.15, 0.2) is 0 Å². The third kappa shape index (κ3) is 10.5. The zero-order valence-corrected chi connectivity index (χ0v) is 25.1. The number of halogens is 1. The average Bonchev–Trinajstić information content (AvgIpc) is 2.88. The van der Waals surface area contributed by atoms with E-state index in [4.69, 9.17) is 0 Å². The summed E-state index contributed by atoms with van der Waals surface area (Å²) in [5.41, 5.74) is 2.79. The summed E-state index contributed by atoms with van der Waals surface area (Å²) in [6.07, 6.45) is 3.51. The van der Waals surface area contributed by atoms with Crippen LogP contribution in [0.5, 0.6) is 0 Å². The summed E-state index contributed by atoms with van der Waals surface area (Å²) >= 11 is 0. The van der Waals surface area contributed by atoms with Crippen molar-refractivity contribution in [3.05, 3.63) is 59.7 Å². The Morgan fingerprint density at radius 1 is 1.10 bits per heavy atom. The Balaban J connectivity index is 0.00000533. The van der Waals surface area contributed by atoms with Crippen molar-refractivity contribution in [2.75, 3.05) is 41.6 Å². The molecule has 0 bridgehead atoms. The number of aliphatic hydroxyl groups excluding tert-OH is 1. The van der Waals surface area contributed by atoms with E-state index in [1.54, 1.807) is 16.4 Å². The van der Waals surface area contributed by atoms with Gasteiger partial charge in [0.2, 0.25) is 0 Å². The van der Waals surface area contributed by atoms with Crippen LogP contribution in [0, 0.1) is 5.92 Å². The van der Waals surface area contributed by atoms with E-state index in [1.165, 1.54) is 0 Å². The number of hydrogen-bond acceptors (Lipinski definition) is 7. The van der Waals surface area contributed by atoms with Crippen LogP contribution in [0.25, 0.3) is 0 Å². The molecule has 1 saturated heterocycles. The summed E-state index contributed by atoms with van der Waals surface area (Å²) in [7, 11) is -2.92. The highest BCUT2D eigenvalue weighted by Crippen LogP contribution is 2.50. The van der Waals surface area contributed by atoms with E-state index in [0.717, 1.165) is 43.5 Å². The summed E-state index contributed by atoms with van der Waals surface area (Å²) < 4.78 is 23.0. The molecule has 1 fully saturated rings. The lowest BCUT2D eigenvalue weighted by molar-refractivity contribution is 0.0830. The number of aliphatic hydroxyl groups is 1. The van der Waals surface area contributed by atoms with Crippen LogP contribution in [0.15, 0.2) is 48.5 Å². The fourth-order valence-corrected chi connectivity index (χ4v) is 6.40. The number of carbonyl (C=O) groups excluding carboxylic acids is 1. The fourth-order valence-electron chi connectivity index (χ4n) is 4.73. The molecule has 2 aromatic rings. The highest BCUT2D eigenvalue weighted by Gasteiger charge is 2.28. The normalized spacial score (nSPS) is 17.2. The van der Waals surface area contributed by atoms with E-state index >= 15 is 0 Å². The van der Waals surface area contributed by atoms with Crippen LogP contribution in [-0.4, -0.2) is 64.2 Å². The van der Waals surface area contributed by atoms with Crippen LogP contribution < -0.4 is 20.3 Å². The van der Waals surface area contributed by atoms with E-state index in [9.17, 15) is 19.0 Å². The molecule has 2 aromatic carbocycles. The van der Waals surface area contributed by atoms with Crippen LogP contribution in [0.4, 0.5) is 11.4 Å². The second kappa shape index (κ2) is 16.3. The minimum Gasteiger partial charge on any atom is -0.390 e. The molecular weight excluding hydrogens is 536 g/mol. The SMILES string of the molecule is CCNc1cc(C(=O)N[C@@H](Cc2ccccc2)[C@H](O)CNCCCC(C)C)cc(N2CCCCS2(O)O)c1.Cl. The first-order valence-corrected chi connectivity index (χ1v) is 15.5. The van der Waals surface area contributed by atoms with Gasteiger partial charge in [-0.3, -0.25) is 18.2 Å². The molecule has 2 atom stereocenters. The third-order valence-corrected chi connectivity index (χ3v) is 8.73. The minimum absolute atomic E-state index is 0. The Morgan fingerprint density at radius 3 is 2.51 bits per heavy atom. The quantitative estimate of drug-likeness (QED) is 0.162. The smallest absolute Gasteiger partial charge is 0.251 e. The molecular formula is C29H47ClN4O4S. The van der Waals surface area contributed by atoms with Crippen molar-refractivity contribution in [1.29, 1.82) is 0 Å². The molecule has 3 rings (SSSR count). The highest BCUT2D eigenvalue weighted by molar-refractivity contribution is 8.25. The van der Waals surface area contributed by atoms with Crippen molar-refractivity contribution in [2.45, 2.75) is 65.0 Å². The zero-order chi connectivity index (χ0) is 27.5. The molecule has 1 heterocycles. The van der Waals surface area contributed by atoms with Crippen LogP contribution in [0.1, 0.15) is 62.4 Å². The van der Waals surface area contributed by atoms with Crippen LogP contribution in [0.3, 0.4) is 0 Å². The van der Waals surface area contributed by atoms with E-state index in [1.807, 2.05) is 43.3 Å². The predicted molar refractivity (Wildman–Crippen MR) is 166 cm³/mol. The second-order valence-electron chi connectivity index (χ2n) is 10.5. The largest absolute Gasteiger partial charge is 0.390 e. The lowest BCUT2D eigenvalue weighted by Crippen LogP contribution is -2.49. The number of rotatable bonds is 14. The van der Waals surface area contributed by atoms with Gasteiger partial charge in [0, 0.05) is 30.9 Å². The lowest BCUT2D eigenvalue weighted by atomic mass is 10.00. The van der Waals surface area contributed by atoms with Crippen molar-refractivity contribution in [1.82, 2.24) is 10.6 Å². The molecule has 0 aromatic heterocycles. The van der Waals surface area contributed by atoms with Gasteiger partial charge in [-0.05, 0) is 75.3 Å². The van der Waals surface area contributed by atoms with E-state index < -0.39 is 22.9 Å². The zero-order valence-electron chi connectivity index (χ0n) is 23.4. The Morgan fingerprint density at radius 2 is 1.85 bits per heavy atom. The maximum absolute atomic E-state index is 13.5. The Labute approximate surface area is 241 Å². The van der Waals surface area contributed by atoms with Crippen molar-refractivity contribution >= 4 is 40.5 Å². The van der Waals surface area contributed by atoms with Gasteiger partial charge in [-0.1, -0.05) is 44.2 Å². The molecule has 0 spiro atoms. The van der Waals surface area contributed by atoms with Gasteiger partial charge in [-0.15, -0.1) is 23.2 Å². The molecule has 0 saturated carbocycles. The summed E-state index contributed by atoms with van der Waals surface area (Å²) in [5.74, 6) is 0.664. The van der Waals surface area contributed by atoms with Crippen LogP contribution in [0.2, 0.25) is 0 Å². The average molecular weight is 583 g/mol. The van der Waals surface area contributed by atoms with Crippen molar-refractivity contribution in [3.63, 3.8) is 0 Å². The molecule has 1 amide bonds. The molecule has 8 nitrogen and oxygen atoms in total. The number of nitrogens with zero attached hydrogens (tertiary/aromatic N) is 1. The maximum atomic E-state index is 13.5. The first kappa shape index (κ1) is 33.2. The second-order valence-corrected chi connectivity index (χ2v) is 12.6. The van der Waals surface area contributed by atoms with Crippen LogP contribution in [-0.2, 0) is 6.42 Å². The molecule has 10 heteroatoms. The van der Waals surface area contributed by atoms with Gasteiger partial charge in [0.05, 0.1) is 23.6 Å². The Bertz CT molecular complexity index is 1010. The van der Waals surface area contributed by atoms with E-state index in [-0.39, 0.29) is 18.3 Å². The van der Waals surface area contributed by atoms with Gasteiger partial charge >= 0.3 is 0 Å². The van der Waals surface area contributed by atoms with Crippen molar-refractivity contribution in [2.24, 2.45) is 5.92 Å². The summed E-state index contributed by atoms with van der Waals surface area (Å²) in [5, 5.41) is 20.7. The molecule has 6 N–H and O–H groups in total. The molecule has 0 radical (unpaired) electrons. The van der Waals surface area contributed by atoms with Gasteiger partial charge in [-0.2, -0.15) is 0 Å². The standard InChI is InChI=1S/C29H46N4O4S.ClH/c1-4-31-25-18-24(19-26(20-25)33-15-8-9-16-38(33,36)37)29(35)32-27(17-23-12-6-5-7-13-23)28(34)21-30-14-10-11-22(2)3;/h5-7,12-13,18-20,22,27-28,30-31,34,36-37H,4,8-11,14-17,21H2,1-3H3,(H,32,35);1H/t27-,28+;/m0./s1. The number of carbonyl (C=O) groups is 1. The monoisotopic (exact) mass is 582 g/mol. The third-order valence-electron chi connectivity index (χ3n) is 6.80. The first-order valence-electron chi connectivity index (χ1n) is 13.9. The first-order chi connectivity index (χ1) is 18.2. The fraction of sp³-hybridized carbons (Fsp3) is 0.552. The van der Waals surface area contributed by atoms with Gasteiger partial charge < -0.3 is 21.1 Å². The van der Waals surface area contributed by atoms with Gasteiger partial charge in [-0.25, -0.2) is 0 Å². The Kier molecular flexibility index (Phi) is 13.9. The van der Waals surface area contributed by atoms with E-state index in [0.29, 0.717) is 49.0 Å². The van der Waals surface area contributed by atoms with E-state index in [2.05, 4.69) is 29.8 Å². The highest BCUT2D eigenvalue weighted by atomic mass is 35.5. The minimum atomic E-state index is -2.92. The predicted octanol–water partition coefficient (Wildman–Crippen LogP) is 5.53. The molecule has 1 aliphatic rings. The topological polar surface area (TPSA) is 117 Å². The number of amides is 1. The van der Waals surface area contributed by atoms with Crippen LogP contribution >= 0.6 is 23.2 Å². The van der Waals surface area contributed by atoms with Gasteiger partial charge in [0.1, 0.15) is 0 Å². The van der Waals surface area contributed by atoms with Crippen molar-refractivity contribution in [3.8, 4) is 0 Å². The lowest BCUT2D eigenvalue weighted by Gasteiger charge is -2.47. The molecule has 0 aliphatic carbocycles. The number of anilines is 2. The number of hydrogen-bond donors (Lipinski definition) is 6. The summed E-state index contributed by atoms with van der Waals surface area (Å²) in [4.78, 5) is 13.5. The van der Waals surface area contributed by atoms with Gasteiger partial charge in [0.25, 0.3) is 5.91 Å². The molecule has 39 heavy (non-hydrogen) atoms. The number of nitrogens with one attached hydrogen (secondary N) is 3. The van der Waals surface area contributed by atoms with Crippen molar-refractivity contribution < 1.29 is 19.0 Å². The molecule has 220 valence electrons. The molecule has 0 unspecified atom stereocenters.